The third-order valence-corrected chi connectivity index (χ3v) is 3.35. The first-order valence-electron chi connectivity index (χ1n) is 6.55. The third-order valence-electron chi connectivity index (χ3n) is 3.35. The van der Waals surface area contributed by atoms with Crippen molar-refractivity contribution in [2.75, 3.05) is 0 Å². The molecule has 18 heavy (non-hydrogen) atoms. The van der Waals surface area contributed by atoms with Crippen LogP contribution in [0.15, 0.2) is 0 Å². The molecule has 0 saturated carbocycles. The van der Waals surface area contributed by atoms with Crippen molar-refractivity contribution in [3.05, 3.63) is 0 Å². The van der Waals surface area contributed by atoms with Crippen molar-refractivity contribution in [3.63, 3.8) is 0 Å². The van der Waals surface area contributed by atoms with Gasteiger partial charge in [-0.05, 0) is 19.3 Å². The fourth-order valence-corrected chi connectivity index (χ4v) is 2.17. The van der Waals surface area contributed by atoms with Gasteiger partial charge in [-0.15, -0.1) is 0 Å². The van der Waals surface area contributed by atoms with Crippen molar-refractivity contribution in [2.45, 2.75) is 64.3 Å². The van der Waals surface area contributed by atoms with Crippen LogP contribution in [-0.4, -0.2) is 40.3 Å². The van der Waals surface area contributed by atoms with Crippen molar-refractivity contribution in [1.82, 2.24) is 0 Å². The zero-order valence-electron chi connectivity index (χ0n) is 11.0. The maximum atomic E-state index is 11.6. The Labute approximate surface area is 107 Å². The summed E-state index contributed by atoms with van der Waals surface area (Å²) < 4.78 is 5.09. The van der Waals surface area contributed by atoms with Gasteiger partial charge in [-0.2, -0.15) is 0 Å². The van der Waals surface area contributed by atoms with E-state index in [1.807, 2.05) is 13.8 Å². The Morgan fingerprint density at radius 1 is 1.39 bits per heavy atom. The van der Waals surface area contributed by atoms with E-state index in [4.69, 9.17) is 4.74 Å². The van der Waals surface area contributed by atoms with Crippen LogP contribution in [0.5, 0.6) is 0 Å². The average molecular weight is 258 g/mol. The predicted molar refractivity (Wildman–Crippen MR) is 64.8 cm³/mol. The third kappa shape index (κ3) is 4.07. The van der Waals surface area contributed by atoms with Crippen LogP contribution in [0.1, 0.15) is 46.0 Å². The first-order valence-corrected chi connectivity index (χ1v) is 6.55. The van der Waals surface area contributed by atoms with Gasteiger partial charge in [0.15, 0.2) is 5.78 Å². The quantitative estimate of drug-likeness (QED) is 0.660. The normalized spacial score (nSPS) is 26.8. The van der Waals surface area contributed by atoms with E-state index < -0.39 is 18.0 Å². The summed E-state index contributed by atoms with van der Waals surface area (Å²) in [5, 5.41) is 19.2. The van der Waals surface area contributed by atoms with Crippen molar-refractivity contribution in [1.29, 1.82) is 0 Å². The van der Waals surface area contributed by atoms with Crippen molar-refractivity contribution >= 4 is 11.8 Å². The van der Waals surface area contributed by atoms with Gasteiger partial charge >= 0.3 is 5.97 Å². The van der Waals surface area contributed by atoms with Gasteiger partial charge in [0.25, 0.3) is 0 Å². The summed E-state index contributed by atoms with van der Waals surface area (Å²) in [6.45, 7) is 3.78. The minimum atomic E-state index is -1.17. The second-order valence-corrected chi connectivity index (χ2v) is 5.01. The van der Waals surface area contributed by atoms with E-state index in [0.29, 0.717) is 25.7 Å². The Bertz CT molecular complexity index is 302. The average Bonchev–Trinajstić information content (AvgIpc) is 2.64. The molecular weight excluding hydrogens is 236 g/mol. The van der Waals surface area contributed by atoms with Gasteiger partial charge in [0.2, 0.25) is 0 Å². The number of ketones is 1. The van der Waals surface area contributed by atoms with Gasteiger partial charge in [0.05, 0.1) is 6.42 Å². The van der Waals surface area contributed by atoms with Crippen molar-refractivity contribution < 1.29 is 24.5 Å². The standard InChI is InChI=1S/C13H22O5/c1-3-4-9(14)13(17)10(15)5-6-11-8(2)7-12(16)18-11/h8-11,14-15H,3-7H2,1-2H3/t8-,9?,10?,11+/m1/s1. The Hall–Kier alpha value is -0.940. The molecule has 0 aromatic rings. The lowest BCUT2D eigenvalue weighted by Crippen LogP contribution is -2.33. The monoisotopic (exact) mass is 258 g/mol. The number of rotatable bonds is 7. The fourth-order valence-electron chi connectivity index (χ4n) is 2.17. The minimum absolute atomic E-state index is 0.125. The molecule has 0 aromatic carbocycles. The van der Waals surface area contributed by atoms with E-state index in [-0.39, 0.29) is 24.4 Å². The van der Waals surface area contributed by atoms with E-state index in [1.54, 1.807) is 0 Å². The maximum absolute atomic E-state index is 11.6. The number of cyclic esters (lactones) is 1. The molecule has 0 spiro atoms. The van der Waals surface area contributed by atoms with Gasteiger partial charge in [-0.3, -0.25) is 9.59 Å². The van der Waals surface area contributed by atoms with E-state index in [1.165, 1.54) is 0 Å². The molecule has 5 nitrogen and oxygen atoms in total. The lowest BCUT2D eigenvalue weighted by Gasteiger charge is -2.17. The summed E-state index contributed by atoms with van der Waals surface area (Å²) in [6.07, 6.45) is -0.343. The zero-order chi connectivity index (χ0) is 13.7. The zero-order valence-corrected chi connectivity index (χ0v) is 11.0. The largest absolute Gasteiger partial charge is 0.462 e. The highest BCUT2D eigenvalue weighted by Crippen LogP contribution is 2.25. The molecule has 0 aromatic heterocycles. The number of carbonyl (C=O) groups is 2. The highest BCUT2D eigenvalue weighted by Gasteiger charge is 2.32. The van der Waals surface area contributed by atoms with Gasteiger partial charge in [0, 0.05) is 5.92 Å². The molecule has 1 fully saturated rings. The summed E-state index contributed by atoms with van der Waals surface area (Å²) >= 11 is 0. The highest BCUT2D eigenvalue weighted by molar-refractivity contribution is 5.86. The lowest BCUT2D eigenvalue weighted by atomic mass is 9.96. The number of aliphatic hydroxyl groups excluding tert-OH is 2. The van der Waals surface area contributed by atoms with E-state index in [9.17, 15) is 19.8 Å². The number of hydrogen-bond acceptors (Lipinski definition) is 5. The summed E-state index contributed by atoms with van der Waals surface area (Å²) in [5.41, 5.74) is 0. The fraction of sp³-hybridized carbons (Fsp3) is 0.846. The Balaban J connectivity index is 2.34. The number of Topliss-reactive ketones (excluding diaryl/α,β-unsaturated/α-hetero) is 1. The number of carbonyl (C=O) groups excluding carboxylic acids is 2. The molecule has 1 aliphatic heterocycles. The Kier molecular flexibility index (Phi) is 5.75. The van der Waals surface area contributed by atoms with Gasteiger partial charge in [-0.1, -0.05) is 20.3 Å². The number of aliphatic hydroxyl groups is 2. The molecule has 1 aliphatic rings. The van der Waals surface area contributed by atoms with Crippen LogP contribution in [0.2, 0.25) is 0 Å². The van der Waals surface area contributed by atoms with Gasteiger partial charge < -0.3 is 14.9 Å². The topological polar surface area (TPSA) is 83.8 Å². The van der Waals surface area contributed by atoms with Crippen molar-refractivity contribution in [2.24, 2.45) is 5.92 Å². The van der Waals surface area contributed by atoms with Crippen LogP contribution in [0.25, 0.3) is 0 Å². The van der Waals surface area contributed by atoms with Gasteiger partial charge in [-0.25, -0.2) is 0 Å². The van der Waals surface area contributed by atoms with E-state index in [0.717, 1.165) is 0 Å². The van der Waals surface area contributed by atoms with Crippen LogP contribution in [0.4, 0.5) is 0 Å². The number of esters is 1. The smallest absolute Gasteiger partial charge is 0.306 e. The summed E-state index contributed by atoms with van der Waals surface area (Å²) in [7, 11) is 0. The predicted octanol–water partition coefficient (Wildman–Crippen LogP) is 0.809. The molecule has 4 atom stereocenters. The van der Waals surface area contributed by atoms with E-state index >= 15 is 0 Å². The molecule has 1 heterocycles. The van der Waals surface area contributed by atoms with Crippen LogP contribution < -0.4 is 0 Å². The van der Waals surface area contributed by atoms with Crippen LogP contribution >= 0.6 is 0 Å². The Morgan fingerprint density at radius 2 is 2.00 bits per heavy atom. The minimum Gasteiger partial charge on any atom is -0.462 e. The van der Waals surface area contributed by atoms with Gasteiger partial charge in [0.1, 0.15) is 18.3 Å². The van der Waals surface area contributed by atoms with Crippen LogP contribution in [-0.2, 0) is 14.3 Å². The summed E-state index contributed by atoms with van der Waals surface area (Å²) in [5.74, 6) is -0.631. The highest BCUT2D eigenvalue weighted by atomic mass is 16.5. The molecule has 2 unspecified atom stereocenters. The molecule has 1 saturated heterocycles. The SMILES string of the molecule is CCCC(O)C(=O)C(O)CC[C@@H]1OC(=O)C[C@H]1C. The first-order chi connectivity index (χ1) is 8.45. The molecule has 2 N–H and O–H groups in total. The lowest BCUT2D eigenvalue weighted by molar-refractivity contribution is -0.142. The molecule has 104 valence electrons. The molecule has 1 rings (SSSR count). The Morgan fingerprint density at radius 3 is 2.50 bits per heavy atom. The molecule has 5 heteroatoms. The molecule has 0 aliphatic carbocycles. The number of hydrogen-bond donors (Lipinski definition) is 2. The maximum Gasteiger partial charge on any atom is 0.306 e. The second kappa shape index (κ2) is 6.85. The van der Waals surface area contributed by atoms with Crippen molar-refractivity contribution in [3.8, 4) is 0 Å². The molecular formula is C13H22O5. The first kappa shape index (κ1) is 15.1. The second-order valence-electron chi connectivity index (χ2n) is 5.01. The molecule has 0 bridgehead atoms. The summed E-state index contributed by atoms with van der Waals surface area (Å²) in [6, 6.07) is 0. The summed E-state index contributed by atoms with van der Waals surface area (Å²) in [4.78, 5) is 22.6. The number of ether oxygens (including phenoxy) is 1. The van der Waals surface area contributed by atoms with E-state index in [2.05, 4.69) is 0 Å². The molecule has 0 radical (unpaired) electrons. The molecule has 0 amide bonds. The van der Waals surface area contributed by atoms with Crippen LogP contribution in [0, 0.1) is 5.92 Å². The van der Waals surface area contributed by atoms with Crippen LogP contribution in [0.3, 0.4) is 0 Å².